The molecule has 1 aromatic carbocycles. The Hall–Kier alpha value is -1.17. The van der Waals surface area contributed by atoms with E-state index in [-0.39, 0.29) is 5.25 Å². The number of nitrogens with zero attached hydrogens (tertiary/aromatic N) is 1. The fourth-order valence-corrected chi connectivity index (χ4v) is 3.78. The number of thioether (sulfide) groups is 1. The lowest BCUT2D eigenvalue weighted by atomic mass is 10.0. The maximum atomic E-state index is 12.1. The van der Waals surface area contributed by atoms with E-state index in [9.17, 15) is 4.79 Å². The molecule has 4 nitrogen and oxygen atoms in total. The predicted octanol–water partition coefficient (Wildman–Crippen LogP) is 3.80. The minimum atomic E-state index is -0.399. The maximum Gasteiger partial charge on any atom is 0.337 e. The lowest BCUT2D eigenvalue weighted by Crippen LogP contribution is -2.30. The van der Waals surface area contributed by atoms with Crippen molar-refractivity contribution in [2.24, 2.45) is 4.99 Å². The van der Waals surface area contributed by atoms with Crippen LogP contribution < -0.4 is 5.32 Å². The van der Waals surface area contributed by atoms with Gasteiger partial charge in [-0.15, -0.1) is 0 Å². The highest BCUT2D eigenvalue weighted by atomic mass is 35.5. The number of allylic oxidation sites excluding steroid dienone is 1. The summed E-state index contributed by atoms with van der Waals surface area (Å²) in [4.78, 5) is 16.3. The molecule has 1 aliphatic rings. The Kier molecular flexibility index (Phi) is 5.19. The van der Waals surface area contributed by atoms with Gasteiger partial charge in [0.05, 0.1) is 28.0 Å². The summed E-state index contributed by atoms with van der Waals surface area (Å²) in [6.45, 7) is 1.81. The van der Waals surface area contributed by atoms with Crippen molar-refractivity contribution >= 4 is 46.1 Å². The number of carbonyl (C=O) groups is 1. The van der Waals surface area contributed by atoms with Gasteiger partial charge in [0.25, 0.3) is 0 Å². The van der Waals surface area contributed by atoms with E-state index < -0.39 is 5.97 Å². The third-order valence-corrected chi connectivity index (χ3v) is 5.13. The molecule has 0 radical (unpaired) electrons. The van der Waals surface area contributed by atoms with Crippen LogP contribution in [0.1, 0.15) is 17.7 Å². The monoisotopic (exact) mass is 344 g/mol. The SMILES string of the molecule is CN=C1NC(C)=C(C(=O)OC)[C@@H](c2cccc(Cl)c2Cl)S1. The summed E-state index contributed by atoms with van der Waals surface area (Å²) in [6, 6.07) is 5.36. The average molecular weight is 345 g/mol. The van der Waals surface area contributed by atoms with Gasteiger partial charge < -0.3 is 10.1 Å². The van der Waals surface area contributed by atoms with Gasteiger partial charge in [0.15, 0.2) is 5.17 Å². The molecule has 0 aliphatic carbocycles. The zero-order chi connectivity index (χ0) is 15.6. The molecular weight excluding hydrogens is 331 g/mol. The van der Waals surface area contributed by atoms with Crippen LogP contribution in [0.15, 0.2) is 34.5 Å². The van der Waals surface area contributed by atoms with Crippen molar-refractivity contribution in [1.29, 1.82) is 0 Å². The largest absolute Gasteiger partial charge is 0.466 e. The summed E-state index contributed by atoms with van der Waals surface area (Å²) in [5.74, 6) is -0.399. The molecule has 0 saturated carbocycles. The summed E-state index contributed by atoms with van der Waals surface area (Å²) >= 11 is 13.8. The highest BCUT2D eigenvalue weighted by Gasteiger charge is 2.33. The van der Waals surface area contributed by atoms with Crippen LogP contribution in [0, 0.1) is 0 Å². The van der Waals surface area contributed by atoms with E-state index in [1.807, 2.05) is 13.0 Å². The zero-order valence-corrected chi connectivity index (χ0v) is 14.1. The van der Waals surface area contributed by atoms with Crippen LogP contribution in [0.3, 0.4) is 0 Å². The Morgan fingerprint density at radius 3 is 2.76 bits per heavy atom. The number of methoxy groups -OCH3 is 1. The molecule has 0 spiro atoms. The standard InChI is InChI=1S/C14H14Cl2N2O2S/c1-7-10(13(19)20-3)12(21-14(17-2)18-7)8-5-4-6-9(15)11(8)16/h4-6,12H,1-3H3,(H,17,18)/t12-/m1/s1. The van der Waals surface area contributed by atoms with Crippen LogP contribution in [0.2, 0.25) is 10.0 Å². The highest BCUT2D eigenvalue weighted by Crippen LogP contribution is 2.44. The number of nitrogens with one attached hydrogen (secondary N) is 1. The second-order valence-corrected chi connectivity index (χ2v) is 6.20. The van der Waals surface area contributed by atoms with Crippen molar-refractivity contribution in [2.75, 3.05) is 14.2 Å². The summed E-state index contributed by atoms with van der Waals surface area (Å²) in [6.07, 6.45) is 0. The Bertz CT molecular complexity index is 644. The quantitative estimate of drug-likeness (QED) is 0.829. The number of rotatable bonds is 2. The first kappa shape index (κ1) is 16.2. The number of halogens is 2. The molecule has 1 heterocycles. The summed E-state index contributed by atoms with van der Waals surface area (Å²) in [5.41, 5.74) is 1.97. The second kappa shape index (κ2) is 6.73. The van der Waals surface area contributed by atoms with Gasteiger partial charge in [0, 0.05) is 12.7 Å². The van der Waals surface area contributed by atoms with Gasteiger partial charge in [-0.25, -0.2) is 4.79 Å². The van der Waals surface area contributed by atoms with Gasteiger partial charge in [-0.3, -0.25) is 4.99 Å². The summed E-state index contributed by atoms with van der Waals surface area (Å²) < 4.78 is 4.88. The van der Waals surface area contributed by atoms with Crippen LogP contribution in [0.4, 0.5) is 0 Å². The van der Waals surface area contributed by atoms with Crippen LogP contribution >= 0.6 is 35.0 Å². The van der Waals surface area contributed by atoms with E-state index in [2.05, 4.69) is 10.3 Å². The Morgan fingerprint density at radius 2 is 2.14 bits per heavy atom. The lowest BCUT2D eigenvalue weighted by molar-refractivity contribution is -0.136. The minimum absolute atomic E-state index is 0.316. The number of hydrogen-bond acceptors (Lipinski definition) is 4. The molecule has 0 bridgehead atoms. The topological polar surface area (TPSA) is 50.7 Å². The van der Waals surface area contributed by atoms with Gasteiger partial charge in [-0.2, -0.15) is 0 Å². The number of amidine groups is 1. The van der Waals surface area contributed by atoms with Crippen molar-refractivity contribution < 1.29 is 9.53 Å². The first-order chi connectivity index (χ1) is 9.99. The third-order valence-electron chi connectivity index (χ3n) is 3.06. The lowest BCUT2D eigenvalue weighted by Gasteiger charge is -2.28. The van der Waals surface area contributed by atoms with E-state index in [0.29, 0.717) is 26.5 Å². The number of ether oxygens (including phenoxy) is 1. The minimum Gasteiger partial charge on any atom is -0.466 e. The fourth-order valence-electron chi connectivity index (χ4n) is 2.05. The zero-order valence-electron chi connectivity index (χ0n) is 11.7. The molecule has 7 heteroatoms. The molecular formula is C14H14Cl2N2O2S. The van der Waals surface area contributed by atoms with Crippen molar-refractivity contribution in [3.63, 3.8) is 0 Å². The van der Waals surface area contributed by atoms with Gasteiger partial charge in [0.1, 0.15) is 0 Å². The molecule has 0 fully saturated rings. The Balaban J connectivity index is 2.59. The summed E-state index contributed by atoms with van der Waals surface area (Å²) in [7, 11) is 3.04. The molecule has 0 aromatic heterocycles. The van der Waals surface area contributed by atoms with E-state index in [1.54, 1.807) is 19.2 Å². The molecule has 2 rings (SSSR count). The molecule has 1 aromatic rings. The Labute approximate surface area is 137 Å². The van der Waals surface area contributed by atoms with Crippen molar-refractivity contribution in [2.45, 2.75) is 12.2 Å². The predicted molar refractivity (Wildman–Crippen MR) is 88.0 cm³/mol. The maximum absolute atomic E-state index is 12.1. The molecule has 112 valence electrons. The molecule has 21 heavy (non-hydrogen) atoms. The van der Waals surface area contributed by atoms with Crippen molar-refractivity contribution in [3.05, 3.63) is 45.1 Å². The van der Waals surface area contributed by atoms with Crippen LogP contribution in [-0.2, 0) is 9.53 Å². The number of hydrogen-bond donors (Lipinski definition) is 1. The number of esters is 1. The van der Waals surface area contributed by atoms with Crippen molar-refractivity contribution in [3.8, 4) is 0 Å². The molecule has 1 N–H and O–H groups in total. The van der Waals surface area contributed by atoms with Crippen LogP contribution in [0.25, 0.3) is 0 Å². The molecule has 0 amide bonds. The van der Waals surface area contributed by atoms with Gasteiger partial charge >= 0.3 is 5.97 Å². The average Bonchev–Trinajstić information content (AvgIpc) is 2.48. The highest BCUT2D eigenvalue weighted by molar-refractivity contribution is 8.14. The fraction of sp³-hybridized carbons (Fsp3) is 0.286. The molecule has 1 aliphatic heterocycles. The van der Waals surface area contributed by atoms with E-state index >= 15 is 0 Å². The van der Waals surface area contributed by atoms with E-state index in [0.717, 1.165) is 5.56 Å². The van der Waals surface area contributed by atoms with Gasteiger partial charge in [-0.05, 0) is 18.6 Å². The number of aliphatic imine (C=N–C) groups is 1. The van der Waals surface area contributed by atoms with Crippen LogP contribution in [0.5, 0.6) is 0 Å². The van der Waals surface area contributed by atoms with Gasteiger partial charge in [0.2, 0.25) is 0 Å². The smallest absolute Gasteiger partial charge is 0.337 e. The van der Waals surface area contributed by atoms with E-state index in [4.69, 9.17) is 27.9 Å². The molecule has 0 unspecified atom stereocenters. The van der Waals surface area contributed by atoms with Gasteiger partial charge in [-0.1, -0.05) is 47.1 Å². The van der Waals surface area contributed by atoms with E-state index in [1.165, 1.54) is 18.9 Å². The summed E-state index contributed by atoms with van der Waals surface area (Å²) in [5, 5.41) is 4.36. The third kappa shape index (κ3) is 3.20. The molecule has 0 saturated heterocycles. The number of carbonyl (C=O) groups excluding carboxylic acids is 1. The second-order valence-electron chi connectivity index (χ2n) is 4.32. The van der Waals surface area contributed by atoms with Crippen LogP contribution in [-0.4, -0.2) is 25.3 Å². The first-order valence-corrected chi connectivity index (χ1v) is 7.76. The number of benzene rings is 1. The normalized spacial score (nSPS) is 20.4. The first-order valence-electron chi connectivity index (χ1n) is 6.13. The Morgan fingerprint density at radius 1 is 1.43 bits per heavy atom. The molecule has 1 atom stereocenters. The van der Waals surface area contributed by atoms with Crippen molar-refractivity contribution in [1.82, 2.24) is 5.32 Å².